The van der Waals surface area contributed by atoms with Crippen LogP contribution >= 0.6 is 15.9 Å². The van der Waals surface area contributed by atoms with E-state index >= 15 is 0 Å². The second kappa shape index (κ2) is 5.13. The van der Waals surface area contributed by atoms with Crippen molar-refractivity contribution in [3.63, 3.8) is 0 Å². The van der Waals surface area contributed by atoms with Gasteiger partial charge in [0.25, 0.3) is 0 Å². The highest BCUT2D eigenvalue weighted by Gasteiger charge is 2.19. The lowest BCUT2D eigenvalue weighted by Gasteiger charge is -2.20. The number of carbonyl (C=O) groups is 2. The van der Waals surface area contributed by atoms with E-state index in [2.05, 4.69) is 36.7 Å². The Morgan fingerprint density at radius 1 is 1.24 bits per heavy atom. The molecular formula is C14H17BrO2. The average molecular weight is 297 g/mol. The van der Waals surface area contributed by atoms with E-state index in [1.807, 2.05) is 19.1 Å². The molecule has 0 amide bonds. The largest absolute Gasteiger partial charge is 0.290 e. The van der Waals surface area contributed by atoms with Crippen molar-refractivity contribution in [3.8, 4) is 0 Å². The molecule has 1 rings (SSSR count). The van der Waals surface area contributed by atoms with Gasteiger partial charge in [0.05, 0.1) is 5.33 Å². The molecule has 0 radical (unpaired) electrons. The Labute approximate surface area is 111 Å². The molecule has 0 saturated heterocycles. The van der Waals surface area contributed by atoms with Crippen LogP contribution in [-0.4, -0.2) is 16.9 Å². The van der Waals surface area contributed by atoms with E-state index in [-0.39, 0.29) is 10.7 Å². The first kappa shape index (κ1) is 14.1. The SMILES string of the molecule is Cc1cc(C(C)(C)C)ccc1C(=O)C(=O)CBr. The van der Waals surface area contributed by atoms with Gasteiger partial charge in [-0.25, -0.2) is 0 Å². The maximum atomic E-state index is 11.8. The number of aryl methyl sites for hydroxylation is 1. The van der Waals surface area contributed by atoms with E-state index < -0.39 is 11.6 Å². The molecule has 2 nitrogen and oxygen atoms in total. The molecule has 1 aromatic carbocycles. The molecule has 0 spiro atoms. The van der Waals surface area contributed by atoms with Crippen molar-refractivity contribution in [1.29, 1.82) is 0 Å². The van der Waals surface area contributed by atoms with Gasteiger partial charge in [0, 0.05) is 5.56 Å². The molecule has 92 valence electrons. The van der Waals surface area contributed by atoms with Gasteiger partial charge in [-0.15, -0.1) is 0 Å². The van der Waals surface area contributed by atoms with Gasteiger partial charge < -0.3 is 0 Å². The van der Waals surface area contributed by atoms with Gasteiger partial charge in [-0.3, -0.25) is 9.59 Å². The van der Waals surface area contributed by atoms with Crippen LogP contribution in [0.1, 0.15) is 42.3 Å². The summed E-state index contributed by atoms with van der Waals surface area (Å²) in [5.41, 5.74) is 2.57. The Morgan fingerprint density at radius 3 is 2.24 bits per heavy atom. The summed E-state index contributed by atoms with van der Waals surface area (Å²) in [7, 11) is 0. The standard InChI is InChI=1S/C14H17BrO2/c1-9-7-10(14(2,3)4)5-6-11(9)13(17)12(16)8-15/h5-7H,8H2,1-4H3. The number of ketones is 2. The smallest absolute Gasteiger partial charge is 0.229 e. The van der Waals surface area contributed by atoms with Crippen LogP contribution in [0.15, 0.2) is 18.2 Å². The Kier molecular flexibility index (Phi) is 4.26. The molecule has 1 aromatic rings. The number of carbonyl (C=O) groups excluding carboxylic acids is 2. The number of benzene rings is 1. The molecule has 0 heterocycles. The van der Waals surface area contributed by atoms with E-state index in [1.165, 1.54) is 0 Å². The molecule has 0 saturated carbocycles. The summed E-state index contributed by atoms with van der Waals surface area (Å²) >= 11 is 3.01. The predicted molar refractivity (Wildman–Crippen MR) is 73.0 cm³/mol. The Bertz CT molecular complexity index is 456. The molecule has 0 aliphatic rings. The minimum atomic E-state index is -0.417. The summed E-state index contributed by atoms with van der Waals surface area (Å²) < 4.78 is 0. The minimum absolute atomic E-state index is 0.0474. The predicted octanol–water partition coefficient (Wildman–Crippen LogP) is 3.44. The minimum Gasteiger partial charge on any atom is -0.290 e. The molecule has 17 heavy (non-hydrogen) atoms. The quantitative estimate of drug-likeness (QED) is 0.486. The lowest BCUT2D eigenvalue weighted by atomic mass is 9.85. The van der Waals surface area contributed by atoms with Crippen molar-refractivity contribution in [3.05, 3.63) is 34.9 Å². The Balaban J connectivity index is 3.15. The highest BCUT2D eigenvalue weighted by Crippen LogP contribution is 2.24. The monoisotopic (exact) mass is 296 g/mol. The summed E-state index contributed by atoms with van der Waals surface area (Å²) in [5, 5.41) is 0.0757. The van der Waals surface area contributed by atoms with Gasteiger partial charge in [-0.2, -0.15) is 0 Å². The van der Waals surface area contributed by atoms with Crippen LogP contribution in [-0.2, 0) is 10.2 Å². The third-order valence-corrected chi connectivity index (χ3v) is 3.22. The van der Waals surface area contributed by atoms with E-state index in [4.69, 9.17) is 0 Å². The van der Waals surface area contributed by atoms with E-state index in [0.29, 0.717) is 5.56 Å². The fraction of sp³-hybridized carbons (Fsp3) is 0.429. The third kappa shape index (κ3) is 3.25. The highest BCUT2D eigenvalue weighted by molar-refractivity contribution is 9.09. The molecule has 0 unspecified atom stereocenters. The number of halogens is 1. The van der Waals surface area contributed by atoms with Crippen LogP contribution in [0.5, 0.6) is 0 Å². The van der Waals surface area contributed by atoms with Crippen molar-refractivity contribution in [1.82, 2.24) is 0 Å². The second-order valence-corrected chi connectivity index (χ2v) is 5.73. The van der Waals surface area contributed by atoms with Crippen molar-refractivity contribution in [2.24, 2.45) is 0 Å². The molecule has 0 aromatic heterocycles. The zero-order valence-electron chi connectivity index (χ0n) is 10.6. The molecule has 0 aliphatic carbocycles. The number of Topliss-reactive ketones (excluding diaryl/α,β-unsaturated/α-hetero) is 2. The number of alkyl halides is 1. The summed E-state index contributed by atoms with van der Waals surface area (Å²) in [6.45, 7) is 8.22. The number of rotatable bonds is 3. The zero-order valence-corrected chi connectivity index (χ0v) is 12.2. The lowest BCUT2D eigenvalue weighted by molar-refractivity contribution is -0.112. The number of hydrogen-bond donors (Lipinski definition) is 0. The molecule has 3 heteroatoms. The van der Waals surface area contributed by atoms with Crippen LogP contribution < -0.4 is 0 Å². The number of hydrogen-bond acceptors (Lipinski definition) is 2. The second-order valence-electron chi connectivity index (χ2n) is 5.17. The van der Waals surface area contributed by atoms with Gasteiger partial charge >= 0.3 is 0 Å². The molecule has 0 fully saturated rings. The van der Waals surface area contributed by atoms with Gasteiger partial charge in [0.2, 0.25) is 11.6 Å². The molecule has 0 bridgehead atoms. The van der Waals surface area contributed by atoms with Crippen molar-refractivity contribution in [2.75, 3.05) is 5.33 Å². The highest BCUT2D eigenvalue weighted by atomic mass is 79.9. The van der Waals surface area contributed by atoms with Crippen LogP contribution in [0.4, 0.5) is 0 Å². The fourth-order valence-corrected chi connectivity index (χ4v) is 1.85. The van der Waals surface area contributed by atoms with Crippen molar-refractivity contribution >= 4 is 27.5 Å². The summed E-state index contributed by atoms with van der Waals surface area (Å²) in [4.78, 5) is 23.1. The normalized spacial score (nSPS) is 11.4. The van der Waals surface area contributed by atoms with Crippen molar-refractivity contribution < 1.29 is 9.59 Å². The average Bonchev–Trinajstić information content (AvgIpc) is 2.25. The van der Waals surface area contributed by atoms with Gasteiger partial charge in [-0.1, -0.05) is 54.9 Å². The Morgan fingerprint density at radius 2 is 1.82 bits per heavy atom. The first-order valence-corrected chi connectivity index (χ1v) is 6.64. The van der Waals surface area contributed by atoms with E-state index in [1.54, 1.807) is 6.07 Å². The van der Waals surface area contributed by atoms with Crippen LogP contribution in [0.25, 0.3) is 0 Å². The maximum absolute atomic E-state index is 11.8. The maximum Gasteiger partial charge on any atom is 0.229 e. The van der Waals surface area contributed by atoms with Gasteiger partial charge in [0.1, 0.15) is 0 Å². The van der Waals surface area contributed by atoms with Gasteiger partial charge in [-0.05, 0) is 23.5 Å². The van der Waals surface area contributed by atoms with Crippen LogP contribution in [0.2, 0.25) is 0 Å². The molecular weight excluding hydrogens is 280 g/mol. The van der Waals surface area contributed by atoms with E-state index in [9.17, 15) is 9.59 Å². The summed E-state index contributed by atoms with van der Waals surface area (Å²) in [6.07, 6.45) is 0. The fourth-order valence-electron chi connectivity index (χ4n) is 1.60. The van der Waals surface area contributed by atoms with E-state index in [0.717, 1.165) is 11.1 Å². The molecule has 0 N–H and O–H groups in total. The third-order valence-electron chi connectivity index (χ3n) is 2.71. The topological polar surface area (TPSA) is 34.1 Å². The lowest BCUT2D eigenvalue weighted by Crippen LogP contribution is -2.18. The zero-order chi connectivity index (χ0) is 13.2. The van der Waals surface area contributed by atoms with Crippen LogP contribution in [0, 0.1) is 6.92 Å². The first-order valence-electron chi connectivity index (χ1n) is 5.52. The first-order chi connectivity index (χ1) is 7.77. The Hall–Kier alpha value is -0.960. The molecule has 0 atom stereocenters. The molecule has 0 aliphatic heterocycles. The summed E-state index contributed by atoms with van der Waals surface area (Å²) in [6, 6.07) is 5.65. The summed E-state index contributed by atoms with van der Waals surface area (Å²) in [5.74, 6) is -0.823. The van der Waals surface area contributed by atoms with Crippen LogP contribution in [0.3, 0.4) is 0 Å². The van der Waals surface area contributed by atoms with Crippen molar-refractivity contribution in [2.45, 2.75) is 33.1 Å². The van der Waals surface area contributed by atoms with Gasteiger partial charge in [0.15, 0.2) is 0 Å².